The lowest BCUT2D eigenvalue weighted by Gasteiger charge is -2.33. The molecule has 1 aliphatic rings. The third-order valence-electron chi connectivity index (χ3n) is 6.10. The molecule has 3 heterocycles. The van der Waals surface area contributed by atoms with Crippen molar-refractivity contribution in [2.75, 3.05) is 31.4 Å². The molecule has 1 atom stereocenters. The monoisotopic (exact) mass is 494 g/mol. The highest BCUT2D eigenvalue weighted by Gasteiger charge is 2.41. The van der Waals surface area contributed by atoms with Crippen LogP contribution < -0.4 is 11.1 Å². The fourth-order valence-electron chi connectivity index (χ4n) is 4.11. The van der Waals surface area contributed by atoms with Crippen molar-refractivity contribution in [1.29, 1.82) is 0 Å². The van der Waals surface area contributed by atoms with Crippen molar-refractivity contribution < 1.29 is 27.4 Å². The first-order valence-corrected chi connectivity index (χ1v) is 11.5. The van der Waals surface area contributed by atoms with Crippen LogP contribution in [0.25, 0.3) is 10.1 Å². The van der Waals surface area contributed by atoms with Gasteiger partial charge in [-0.25, -0.2) is 0 Å². The van der Waals surface area contributed by atoms with Crippen LogP contribution in [-0.2, 0) is 15.7 Å². The third-order valence-corrected chi connectivity index (χ3v) is 7.35. The van der Waals surface area contributed by atoms with E-state index in [4.69, 9.17) is 15.2 Å². The predicted octanol–water partition coefficient (Wildman–Crippen LogP) is 5.15. The van der Waals surface area contributed by atoms with Gasteiger partial charge in [0.2, 0.25) is 5.78 Å². The molecule has 0 amide bonds. The molecular weight excluding hydrogens is 469 g/mol. The van der Waals surface area contributed by atoms with E-state index in [1.165, 1.54) is 24.5 Å². The lowest BCUT2D eigenvalue weighted by atomic mass is 9.88. The molecule has 1 saturated heterocycles. The number of aryl methyl sites for hydroxylation is 1. The molecule has 1 aromatic carbocycles. The minimum absolute atomic E-state index is 0.0170. The molecule has 34 heavy (non-hydrogen) atoms. The maximum atomic E-state index is 13.4. The number of carbonyl (C=O) groups excluding carboxylic acids is 1. The molecular formula is C23H25F3N4O3S. The minimum Gasteiger partial charge on any atom is -0.399 e. The van der Waals surface area contributed by atoms with Gasteiger partial charge < -0.3 is 20.5 Å². The third kappa shape index (κ3) is 4.59. The number of nitrogens with one attached hydrogen (secondary N) is 1. The average molecular weight is 495 g/mol. The van der Waals surface area contributed by atoms with Crippen molar-refractivity contribution >= 4 is 38.7 Å². The van der Waals surface area contributed by atoms with Crippen LogP contribution in [-0.4, -0.2) is 41.9 Å². The van der Waals surface area contributed by atoms with E-state index in [0.717, 1.165) is 16.8 Å². The lowest BCUT2D eigenvalue weighted by molar-refractivity contribution is -0.137. The first-order chi connectivity index (χ1) is 16.0. The molecule has 4 rings (SSSR count). The number of thiophene rings is 1. The highest BCUT2D eigenvalue weighted by Crippen LogP contribution is 2.38. The normalized spacial score (nSPS) is 17.0. The number of carbonyl (C=O) groups is 1. The van der Waals surface area contributed by atoms with Gasteiger partial charge in [-0.2, -0.15) is 18.3 Å². The van der Waals surface area contributed by atoms with Gasteiger partial charge in [-0.3, -0.25) is 4.79 Å². The number of hydrogen-bond acceptors (Lipinski definition) is 8. The highest BCUT2D eigenvalue weighted by molar-refractivity contribution is 7.21. The molecule has 0 saturated carbocycles. The van der Waals surface area contributed by atoms with Crippen molar-refractivity contribution in [2.24, 2.45) is 0 Å². The molecule has 182 valence electrons. The number of anilines is 2. The summed E-state index contributed by atoms with van der Waals surface area (Å²) in [5.74, 6) is 0.251. The van der Waals surface area contributed by atoms with Gasteiger partial charge in [-0.15, -0.1) is 16.4 Å². The van der Waals surface area contributed by atoms with Crippen molar-refractivity contribution in [3.63, 3.8) is 0 Å². The largest absolute Gasteiger partial charge is 0.416 e. The van der Waals surface area contributed by atoms with Crippen LogP contribution in [0.1, 0.15) is 52.3 Å². The summed E-state index contributed by atoms with van der Waals surface area (Å²) in [7, 11) is 1.53. The lowest BCUT2D eigenvalue weighted by Crippen LogP contribution is -2.45. The number of fused-ring (bicyclic) bond motifs is 1. The molecule has 0 radical (unpaired) electrons. The number of hydrogen-bond donors (Lipinski definition) is 2. The van der Waals surface area contributed by atoms with E-state index in [2.05, 4.69) is 15.5 Å². The van der Waals surface area contributed by atoms with E-state index in [0.29, 0.717) is 53.4 Å². The summed E-state index contributed by atoms with van der Waals surface area (Å²) >= 11 is 1.30. The number of nitrogens with two attached hydrogens (primary N) is 1. The molecule has 0 unspecified atom stereocenters. The second-order valence-corrected chi connectivity index (χ2v) is 9.43. The van der Waals surface area contributed by atoms with Crippen LogP contribution in [0.5, 0.6) is 0 Å². The molecule has 3 N–H and O–H groups in total. The zero-order valence-corrected chi connectivity index (χ0v) is 19.8. The zero-order chi connectivity index (χ0) is 24.7. The Kier molecular flexibility index (Phi) is 6.54. The quantitative estimate of drug-likeness (QED) is 0.361. The van der Waals surface area contributed by atoms with E-state index in [1.807, 2.05) is 0 Å². The van der Waals surface area contributed by atoms with Crippen LogP contribution in [0.2, 0.25) is 0 Å². The number of halogens is 3. The molecule has 0 aliphatic carbocycles. The summed E-state index contributed by atoms with van der Waals surface area (Å²) in [6.07, 6.45) is -3.58. The van der Waals surface area contributed by atoms with Gasteiger partial charge in [0.15, 0.2) is 5.82 Å². The van der Waals surface area contributed by atoms with Gasteiger partial charge in [-0.1, -0.05) is 0 Å². The Balaban J connectivity index is 1.68. The first kappa shape index (κ1) is 24.4. The fraction of sp³-hybridized carbons (Fsp3) is 0.435. The van der Waals surface area contributed by atoms with E-state index in [-0.39, 0.29) is 11.5 Å². The summed E-state index contributed by atoms with van der Waals surface area (Å²) in [6.45, 7) is 4.39. The Morgan fingerprint density at radius 2 is 1.94 bits per heavy atom. The fourth-order valence-corrected chi connectivity index (χ4v) is 5.24. The number of ketones is 1. The van der Waals surface area contributed by atoms with Crippen LogP contribution in [0.15, 0.2) is 24.3 Å². The van der Waals surface area contributed by atoms with E-state index < -0.39 is 23.4 Å². The average Bonchev–Trinajstić information content (AvgIpc) is 3.26. The van der Waals surface area contributed by atoms with E-state index in [9.17, 15) is 18.0 Å². The summed E-state index contributed by atoms with van der Waals surface area (Å²) in [6, 6.07) is 4.64. The maximum absolute atomic E-state index is 13.4. The number of methoxy groups -OCH3 is 1. The molecule has 1 aliphatic heterocycles. The topological polar surface area (TPSA) is 99.4 Å². The molecule has 11 heteroatoms. The Bertz CT molecular complexity index is 1220. The number of ether oxygens (including phenoxy) is 2. The van der Waals surface area contributed by atoms with Gasteiger partial charge in [0.05, 0.1) is 26.9 Å². The van der Waals surface area contributed by atoms with Crippen molar-refractivity contribution in [3.05, 3.63) is 46.0 Å². The van der Waals surface area contributed by atoms with Gasteiger partial charge in [0.25, 0.3) is 0 Å². The van der Waals surface area contributed by atoms with Crippen molar-refractivity contribution in [1.82, 2.24) is 10.2 Å². The van der Waals surface area contributed by atoms with Crippen molar-refractivity contribution in [2.45, 2.75) is 44.5 Å². The van der Waals surface area contributed by atoms with Gasteiger partial charge in [-0.05, 0) is 43.7 Å². The SMILES string of the molecule is COC1(C(=O)c2cc3c(N[C@H](C)c4cc(N)cc(C(F)(F)F)c4)nnc(C)c3s2)CCOCC1. The molecule has 0 bridgehead atoms. The van der Waals surface area contributed by atoms with Crippen LogP contribution in [0.4, 0.5) is 24.7 Å². The van der Waals surface area contributed by atoms with Crippen molar-refractivity contribution in [3.8, 4) is 0 Å². The van der Waals surface area contributed by atoms with Crippen LogP contribution in [0.3, 0.4) is 0 Å². The number of benzene rings is 1. The predicted molar refractivity (Wildman–Crippen MR) is 124 cm³/mol. The Hall–Kier alpha value is -2.76. The summed E-state index contributed by atoms with van der Waals surface area (Å²) in [5, 5.41) is 12.2. The molecule has 0 spiro atoms. The molecule has 7 nitrogen and oxygen atoms in total. The highest BCUT2D eigenvalue weighted by atomic mass is 32.1. The second-order valence-electron chi connectivity index (χ2n) is 8.38. The maximum Gasteiger partial charge on any atom is 0.416 e. The summed E-state index contributed by atoms with van der Waals surface area (Å²) in [5.41, 5.74) is 4.99. The molecule has 2 aromatic heterocycles. The molecule has 1 fully saturated rings. The van der Waals surface area contributed by atoms with Gasteiger partial charge in [0.1, 0.15) is 5.60 Å². The van der Waals surface area contributed by atoms with Gasteiger partial charge >= 0.3 is 6.18 Å². The number of rotatable bonds is 6. The standard InChI is InChI=1S/C23H25F3N4O3S/c1-12(14-8-15(23(24,25)26)10-16(27)9-14)28-21-17-11-18(34-19(17)13(2)29-30-21)20(31)22(32-3)4-6-33-7-5-22/h8-12H,4-7,27H2,1-3H3,(H,28,30)/t12-/m1/s1. The second kappa shape index (κ2) is 9.12. The number of nitrogen functional groups attached to an aromatic ring is 1. The molecule has 3 aromatic rings. The number of alkyl halides is 3. The number of aromatic nitrogens is 2. The Labute approximate surface area is 198 Å². The van der Waals surface area contributed by atoms with E-state index >= 15 is 0 Å². The van der Waals surface area contributed by atoms with Gasteiger partial charge in [0, 0.05) is 44.2 Å². The Morgan fingerprint density at radius 1 is 1.24 bits per heavy atom. The number of Topliss-reactive ketones (excluding diaryl/α,β-unsaturated/α-hetero) is 1. The Morgan fingerprint density at radius 3 is 2.59 bits per heavy atom. The van der Waals surface area contributed by atoms with Crippen LogP contribution in [0, 0.1) is 6.92 Å². The summed E-state index contributed by atoms with van der Waals surface area (Å²) in [4.78, 5) is 13.9. The van der Waals surface area contributed by atoms with Crippen LogP contribution >= 0.6 is 11.3 Å². The summed E-state index contributed by atoms with van der Waals surface area (Å²) < 4.78 is 51.5. The first-order valence-electron chi connectivity index (χ1n) is 10.7. The smallest absolute Gasteiger partial charge is 0.399 e. The van der Waals surface area contributed by atoms with E-state index in [1.54, 1.807) is 19.9 Å². The number of nitrogens with zero attached hydrogens (tertiary/aromatic N) is 2. The minimum atomic E-state index is -4.51. The zero-order valence-electron chi connectivity index (χ0n) is 19.0.